The summed E-state index contributed by atoms with van der Waals surface area (Å²) in [6.07, 6.45) is 1.29. The first kappa shape index (κ1) is 9.93. The molecule has 3 heteroatoms. The van der Waals surface area contributed by atoms with E-state index in [0.29, 0.717) is 5.56 Å². The van der Waals surface area contributed by atoms with Crippen LogP contribution in [0.25, 0.3) is 0 Å². The molecule has 68 valence electrons. The van der Waals surface area contributed by atoms with Gasteiger partial charge in [-0.15, -0.1) is 0 Å². The van der Waals surface area contributed by atoms with E-state index in [2.05, 4.69) is 6.58 Å². The molecule has 0 unspecified atom stereocenters. The highest BCUT2D eigenvalue weighted by atomic mass is 35.5. The van der Waals surface area contributed by atoms with E-state index < -0.39 is 5.82 Å². The Kier molecular flexibility index (Phi) is 3.20. The first-order valence-electron chi connectivity index (χ1n) is 3.73. The zero-order valence-corrected chi connectivity index (χ0v) is 7.64. The van der Waals surface area contributed by atoms with Gasteiger partial charge in [-0.25, -0.2) is 4.39 Å². The highest BCUT2D eigenvalue weighted by Crippen LogP contribution is 2.20. The smallest absolute Gasteiger partial charge is 0.159 e. The minimum Gasteiger partial charge on any atom is -0.295 e. The van der Waals surface area contributed by atoms with Crippen LogP contribution in [0.1, 0.15) is 5.56 Å². The van der Waals surface area contributed by atoms with Crippen LogP contribution in [0.5, 0.6) is 0 Å². The van der Waals surface area contributed by atoms with Gasteiger partial charge < -0.3 is 0 Å². The lowest BCUT2D eigenvalue weighted by Gasteiger charge is -2.01. The summed E-state index contributed by atoms with van der Waals surface area (Å²) in [4.78, 5) is 10.9. The Morgan fingerprint density at radius 1 is 1.62 bits per heavy atom. The number of rotatable bonds is 3. The summed E-state index contributed by atoms with van der Waals surface area (Å²) in [6, 6.07) is 4.39. The van der Waals surface area contributed by atoms with Crippen LogP contribution in [0.4, 0.5) is 4.39 Å². The summed E-state index contributed by atoms with van der Waals surface area (Å²) in [7, 11) is 0. The molecule has 0 bridgehead atoms. The Labute approximate surface area is 80.8 Å². The number of ketones is 1. The van der Waals surface area contributed by atoms with Crippen LogP contribution in [0.15, 0.2) is 30.9 Å². The topological polar surface area (TPSA) is 17.1 Å². The van der Waals surface area contributed by atoms with Crippen LogP contribution in [-0.4, -0.2) is 5.78 Å². The fourth-order valence-electron chi connectivity index (χ4n) is 0.945. The molecule has 0 aromatic heterocycles. The van der Waals surface area contributed by atoms with Crippen LogP contribution in [0, 0.1) is 5.82 Å². The molecular formula is C10H8ClFO. The van der Waals surface area contributed by atoms with Gasteiger partial charge in [0.2, 0.25) is 0 Å². The quantitative estimate of drug-likeness (QED) is 0.683. The zero-order chi connectivity index (χ0) is 9.84. The first-order valence-corrected chi connectivity index (χ1v) is 4.11. The fourth-order valence-corrected chi connectivity index (χ4v) is 1.14. The number of benzene rings is 1. The Morgan fingerprint density at radius 2 is 2.31 bits per heavy atom. The fraction of sp³-hybridized carbons (Fsp3) is 0.100. The summed E-state index contributed by atoms with van der Waals surface area (Å²) < 4.78 is 12.9. The second-order valence-electron chi connectivity index (χ2n) is 2.56. The van der Waals surface area contributed by atoms with Gasteiger partial charge in [-0.1, -0.05) is 30.3 Å². The molecule has 0 aliphatic heterocycles. The Morgan fingerprint density at radius 3 is 2.92 bits per heavy atom. The third-order valence-electron chi connectivity index (χ3n) is 1.62. The molecule has 1 aromatic carbocycles. The van der Waals surface area contributed by atoms with Gasteiger partial charge in [0.05, 0.1) is 5.02 Å². The van der Waals surface area contributed by atoms with E-state index in [-0.39, 0.29) is 17.2 Å². The number of carbonyl (C=O) groups is 1. The second kappa shape index (κ2) is 4.19. The molecule has 0 saturated heterocycles. The third-order valence-corrected chi connectivity index (χ3v) is 2.05. The molecule has 0 amide bonds. The lowest BCUT2D eigenvalue weighted by molar-refractivity contribution is -0.114. The van der Waals surface area contributed by atoms with E-state index in [1.54, 1.807) is 6.07 Å². The summed E-state index contributed by atoms with van der Waals surface area (Å²) >= 11 is 5.63. The lowest BCUT2D eigenvalue weighted by atomic mass is 10.1. The zero-order valence-electron chi connectivity index (χ0n) is 6.89. The largest absolute Gasteiger partial charge is 0.295 e. The van der Waals surface area contributed by atoms with Gasteiger partial charge in [0.1, 0.15) is 5.82 Å². The van der Waals surface area contributed by atoms with E-state index >= 15 is 0 Å². The first-order chi connectivity index (χ1) is 6.15. The Bertz CT molecular complexity index is 347. The number of hydrogen-bond donors (Lipinski definition) is 0. The van der Waals surface area contributed by atoms with Crippen molar-refractivity contribution >= 4 is 17.4 Å². The number of carbonyl (C=O) groups excluding carboxylic acids is 1. The predicted molar refractivity (Wildman–Crippen MR) is 50.3 cm³/mol. The lowest BCUT2D eigenvalue weighted by Crippen LogP contribution is -1.99. The molecule has 13 heavy (non-hydrogen) atoms. The molecule has 0 aliphatic carbocycles. The molecular weight excluding hydrogens is 191 g/mol. The van der Waals surface area contributed by atoms with Crippen LogP contribution in [0.2, 0.25) is 5.02 Å². The van der Waals surface area contributed by atoms with Crippen molar-refractivity contribution in [3.63, 3.8) is 0 Å². The average Bonchev–Trinajstić information content (AvgIpc) is 2.13. The van der Waals surface area contributed by atoms with Gasteiger partial charge in [-0.05, 0) is 17.7 Å². The normalized spacial score (nSPS) is 9.69. The van der Waals surface area contributed by atoms with E-state index in [1.807, 2.05) is 0 Å². The highest BCUT2D eigenvalue weighted by molar-refractivity contribution is 6.31. The summed E-state index contributed by atoms with van der Waals surface area (Å²) in [5, 5.41) is 0.0118. The van der Waals surface area contributed by atoms with Crippen molar-refractivity contribution in [1.82, 2.24) is 0 Å². The molecule has 1 aromatic rings. The maximum Gasteiger partial charge on any atom is 0.159 e. The third kappa shape index (κ3) is 2.39. The maximum absolute atomic E-state index is 12.9. The monoisotopic (exact) mass is 198 g/mol. The van der Waals surface area contributed by atoms with Crippen molar-refractivity contribution in [2.45, 2.75) is 6.42 Å². The molecule has 0 radical (unpaired) electrons. The van der Waals surface area contributed by atoms with Gasteiger partial charge in [-0.3, -0.25) is 4.79 Å². The number of hydrogen-bond acceptors (Lipinski definition) is 1. The van der Waals surface area contributed by atoms with Gasteiger partial charge in [0.15, 0.2) is 5.78 Å². The molecule has 0 fully saturated rings. The molecule has 0 atom stereocenters. The van der Waals surface area contributed by atoms with E-state index in [0.717, 1.165) is 0 Å². The van der Waals surface area contributed by atoms with Crippen LogP contribution in [-0.2, 0) is 11.2 Å². The van der Waals surface area contributed by atoms with Crippen molar-refractivity contribution in [3.05, 3.63) is 47.3 Å². The molecule has 0 spiro atoms. The van der Waals surface area contributed by atoms with Crippen molar-refractivity contribution in [2.75, 3.05) is 0 Å². The van der Waals surface area contributed by atoms with Gasteiger partial charge in [0.25, 0.3) is 0 Å². The van der Waals surface area contributed by atoms with Crippen molar-refractivity contribution < 1.29 is 9.18 Å². The van der Waals surface area contributed by atoms with Crippen molar-refractivity contribution in [2.24, 2.45) is 0 Å². The molecule has 0 N–H and O–H groups in total. The predicted octanol–water partition coefficient (Wildman–Crippen LogP) is 2.78. The Hall–Kier alpha value is -1.15. The number of allylic oxidation sites excluding steroid dienone is 1. The standard InChI is InChI=1S/C10H8ClFO/c1-2-8(13)6-7-4-3-5-9(12)10(7)11/h2-5H,1,6H2. The molecule has 1 nitrogen and oxygen atoms in total. The minimum absolute atomic E-state index is 0.0118. The van der Waals surface area contributed by atoms with E-state index in [1.165, 1.54) is 18.2 Å². The highest BCUT2D eigenvalue weighted by Gasteiger charge is 2.07. The van der Waals surface area contributed by atoms with E-state index in [9.17, 15) is 9.18 Å². The SMILES string of the molecule is C=CC(=O)Cc1cccc(F)c1Cl. The van der Waals surface area contributed by atoms with Crippen LogP contribution < -0.4 is 0 Å². The average molecular weight is 199 g/mol. The van der Waals surface area contributed by atoms with Crippen molar-refractivity contribution in [1.29, 1.82) is 0 Å². The maximum atomic E-state index is 12.9. The molecule has 0 aliphatic rings. The summed E-state index contributed by atoms with van der Waals surface area (Å²) in [5.74, 6) is -0.677. The van der Waals surface area contributed by atoms with Crippen molar-refractivity contribution in [3.8, 4) is 0 Å². The van der Waals surface area contributed by atoms with Gasteiger partial charge >= 0.3 is 0 Å². The molecule has 0 heterocycles. The minimum atomic E-state index is -0.504. The van der Waals surface area contributed by atoms with Crippen LogP contribution in [0.3, 0.4) is 0 Å². The van der Waals surface area contributed by atoms with Gasteiger partial charge in [-0.2, -0.15) is 0 Å². The molecule has 1 rings (SSSR count). The Balaban J connectivity index is 2.95. The van der Waals surface area contributed by atoms with E-state index in [4.69, 9.17) is 11.6 Å². The molecule has 0 saturated carbocycles. The summed E-state index contributed by atoms with van der Waals surface area (Å²) in [6.45, 7) is 3.32. The number of halogens is 2. The summed E-state index contributed by atoms with van der Waals surface area (Å²) in [5.41, 5.74) is 0.492. The second-order valence-corrected chi connectivity index (χ2v) is 2.94. The van der Waals surface area contributed by atoms with Crippen LogP contribution >= 0.6 is 11.6 Å². The van der Waals surface area contributed by atoms with Gasteiger partial charge in [0, 0.05) is 6.42 Å².